The summed E-state index contributed by atoms with van der Waals surface area (Å²) in [5.74, 6) is 0. The van der Waals surface area contributed by atoms with Gasteiger partial charge in [0.15, 0.2) is 4.90 Å². The van der Waals surface area contributed by atoms with Crippen LogP contribution in [0.1, 0.15) is 5.69 Å². The van der Waals surface area contributed by atoms with Crippen LogP contribution in [0.4, 0.5) is 11.4 Å². The van der Waals surface area contributed by atoms with Crippen molar-refractivity contribution in [3.8, 4) is 0 Å². The van der Waals surface area contributed by atoms with Crippen LogP contribution in [0.3, 0.4) is 0 Å². The second-order valence-electron chi connectivity index (χ2n) is 3.89. The molecule has 0 fully saturated rings. The Morgan fingerprint density at radius 2 is 2.20 bits per heavy atom. The van der Waals surface area contributed by atoms with Crippen LogP contribution in [0.5, 0.6) is 0 Å². The second-order valence-corrected chi connectivity index (χ2v) is 5.62. The fourth-order valence-corrected chi connectivity index (χ4v) is 2.69. The Kier molecular flexibility index (Phi) is 3.68. The van der Waals surface area contributed by atoms with E-state index in [2.05, 4.69) is 14.7 Å². The first-order valence-corrected chi connectivity index (χ1v) is 6.89. The van der Waals surface area contributed by atoms with E-state index in [1.807, 2.05) is 0 Å². The van der Waals surface area contributed by atoms with Crippen molar-refractivity contribution in [2.75, 3.05) is 5.73 Å². The summed E-state index contributed by atoms with van der Waals surface area (Å²) in [4.78, 5) is 16.1. The molecule has 2 rings (SSSR count). The lowest BCUT2D eigenvalue weighted by Gasteiger charge is -2.06. The lowest BCUT2D eigenvalue weighted by Crippen LogP contribution is -2.24. The summed E-state index contributed by atoms with van der Waals surface area (Å²) >= 11 is 0. The molecule has 0 aliphatic heterocycles. The molecule has 10 heteroatoms. The van der Waals surface area contributed by atoms with Crippen molar-refractivity contribution < 1.29 is 13.3 Å². The molecule has 0 aliphatic carbocycles. The molecule has 20 heavy (non-hydrogen) atoms. The minimum atomic E-state index is -4.02. The molecule has 0 spiro atoms. The van der Waals surface area contributed by atoms with Crippen molar-refractivity contribution in [3.63, 3.8) is 0 Å². The van der Waals surface area contributed by atoms with Gasteiger partial charge in [0.25, 0.3) is 5.69 Å². The average Bonchev–Trinajstić information content (AvgIpc) is 2.89. The Hall–Kier alpha value is -2.46. The fraction of sp³-hybridized carbons (Fsp3) is 0.100. The van der Waals surface area contributed by atoms with Crippen LogP contribution in [0.15, 0.2) is 35.6 Å². The summed E-state index contributed by atoms with van der Waals surface area (Å²) in [6, 6.07) is 3.39. The monoisotopic (exact) mass is 297 g/mol. The number of hydrogen-bond acceptors (Lipinski definition) is 6. The first-order valence-electron chi connectivity index (χ1n) is 5.41. The molecule has 0 amide bonds. The number of rotatable bonds is 5. The summed E-state index contributed by atoms with van der Waals surface area (Å²) in [5, 5.41) is 10.9. The SMILES string of the molecule is Nc1ccc(S(=O)(=O)NCc2cnc[nH]2)c([N+](=O)[O-])c1. The third-order valence-electron chi connectivity index (χ3n) is 2.48. The highest BCUT2D eigenvalue weighted by atomic mass is 32.2. The minimum Gasteiger partial charge on any atom is -0.399 e. The van der Waals surface area contributed by atoms with Crippen LogP contribution < -0.4 is 10.5 Å². The maximum absolute atomic E-state index is 12.1. The minimum absolute atomic E-state index is 0.0517. The number of anilines is 1. The topological polar surface area (TPSA) is 144 Å². The van der Waals surface area contributed by atoms with Gasteiger partial charge in [-0.05, 0) is 12.1 Å². The number of nitrogen functional groups attached to an aromatic ring is 1. The highest BCUT2D eigenvalue weighted by Crippen LogP contribution is 2.25. The van der Waals surface area contributed by atoms with Crippen LogP contribution in [-0.2, 0) is 16.6 Å². The number of nitro benzene ring substituents is 1. The Labute approximate surface area is 114 Å². The van der Waals surface area contributed by atoms with Gasteiger partial charge in [-0.25, -0.2) is 18.1 Å². The molecule has 4 N–H and O–H groups in total. The quantitative estimate of drug-likeness (QED) is 0.413. The molecule has 106 valence electrons. The summed E-state index contributed by atoms with van der Waals surface area (Å²) in [7, 11) is -4.02. The molecule has 9 nitrogen and oxygen atoms in total. The number of nitro groups is 1. The molecule has 0 saturated carbocycles. The van der Waals surface area contributed by atoms with Crippen molar-refractivity contribution in [1.29, 1.82) is 0 Å². The summed E-state index contributed by atoms with van der Waals surface area (Å²) in [5.41, 5.74) is 5.51. The van der Waals surface area contributed by atoms with Crippen LogP contribution in [0.25, 0.3) is 0 Å². The zero-order chi connectivity index (χ0) is 14.8. The van der Waals surface area contributed by atoms with Crippen LogP contribution in [0, 0.1) is 10.1 Å². The van der Waals surface area contributed by atoms with Gasteiger partial charge in [-0.2, -0.15) is 0 Å². The number of nitrogens with one attached hydrogen (secondary N) is 2. The number of aromatic amines is 1. The number of benzene rings is 1. The van der Waals surface area contributed by atoms with Crippen LogP contribution in [-0.4, -0.2) is 23.3 Å². The molecule has 0 aliphatic rings. The van der Waals surface area contributed by atoms with Gasteiger partial charge < -0.3 is 10.7 Å². The number of nitrogens with zero attached hydrogens (tertiary/aromatic N) is 2. The van der Waals surface area contributed by atoms with E-state index in [0.717, 1.165) is 12.1 Å². The maximum Gasteiger partial charge on any atom is 0.291 e. The van der Waals surface area contributed by atoms with Gasteiger partial charge in [-0.3, -0.25) is 10.1 Å². The van der Waals surface area contributed by atoms with Gasteiger partial charge in [-0.15, -0.1) is 0 Å². The number of imidazole rings is 1. The molecule has 0 atom stereocenters. The van der Waals surface area contributed by atoms with Crippen molar-refractivity contribution in [3.05, 3.63) is 46.5 Å². The summed E-state index contributed by atoms with van der Waals surface area (Å²) < 4.78 is 26.4. The van der Waals surface area contributed by atoms with E-state index in [1.165, 1.54) is 18.6 Å². The molecule has 2 aromatic rings. The predicted molar refractivity (Wildman–Crippen MR) is 70.1 cm³/mol. The van der Waals surface area contributed by atoms with Crippen LogP contribution in [0.2, 0.25) is 0 Å². The highest BCUT2D eigenvalue weighted by molar-refractivity contribution is 7.89. The number of aromatic nitrogens is 2. The maximum atomic E-state index is 12.1. The summed E-state index contributed by atoms with van der Waals surface area (Å²) in [6.45, 7) is -0.0517. The second kappa shape index (κ2) is 5.27. The molecule has 0 radical (unpaired) electrons. The zero-order valence-electron chi connectivity index (χ0n) is 10.1. The lowest BCUT2D eigenvalue weighted by atomic mass is 10.3. The third kappa shape index (κ3) is 2.92. The Bertz CT molecular complexity index is 726. The molecule has 0 unspecified atom stereocenters. The van der Waals surface area contributed by atoms with E-state index in [4.69, 9.17) is 5.73 Å². The number of hydrogen-bond donors (Lipinski definition) is 3. The molecule has 1 aromatic carbocycles. The van der Waals surface area contributed by atoms with Gasteiger partial charge in [0, 0.05) is 23.6 Å². The molecule has 0 saturated heterocycles. The first-order chi connectivity index (χ1) is 9.40. The first kappa shape index (κ1) is 14.0. The molecular formula is C10H11N5O4S. The van der Waals surface area contributed by atoms with E-state index in [9.17, 15) is 18.5 Å². The molecule has 0 bridgehead atoms. The average molecular weight is 297 g/mol. The van der Waals surface area contributed by atoms with Crippen molar-refractivity contribution >= 4 is 21.4 Å². The van der Waals surface area contributed by atoms with E-state index in [-0.39, 0.29) is 12.2 Å². The van der Waals surface area contributed by atoms with Crippen molar-refractivity contribution in [2.24, 2.45) is 0 Å². The van der Waals surface area contributed by atoms with Crippen molar-refractivity contribution in [2.45, 2.75) is 11.4 Å². The fourth-order valence-electron chi connectivity index (χ4n) is 1.54. The smallest absolute Gasteiger partial charge is 0.291 e. The van der Waals surface area contributed by atoms with E-state index in [1.54, 1.807) is 0 Å². The van der Waals surface area contributed by atoms with E-state index >= 15 is 0 Å². The van der Waals surface area contributed by atoms with E-state index < -0.39 is 25.5 Å². The number of nitrogens with two attached hydrogens (primary N) is 1. The third-order valence-corrected chi connectivity index (χ3v) is 3.93. The van der Waals surface area contributed by atoms with Crippen LogP contribution >= 0.6 is 0 Å². The van der Waals surface area contributed by atoms with Gasteiger partial charge in [0.1, 0.15) is 0 Å². The highest BCUT2D eigenvalue weighted by Gasteiger charge is 2.25. The molecular weight excluding hydrogens is 286 g/mol. The van der Waals surface area contributed by atoms with Gasteiger partial charge in [-0.1, -0.05) is 0 Å². The zero-order valence-corrected chi connectivity index (χ0v) is 10.9. The largest absolute Gasteiger partial charge is 0.399 e. The molecule has 1 aromatic heterocycles. The lowest BCUT2D eigenvalue weighted by molar-refractivity contribution is -0.387. The Morgan fingerprint density at radius 3 is 2.80 bits per heavy atom. The molecule has 1 heterocycles. The van der Waals surface area contributed by atoms with Crippen molar-refractivity contribution in [1.82, 2.24) is 14.7 Å². The van der Waals surface area contributed by atoms with Gasteiger partial charge in [0.2, 0.25) is 10.0 Å². The number of H-pyrrole nitrogens is 1. The summed E-state index contributed by atoms with van der Waals surface area (Å²) in [6.07, 6.45) is 2.84. The normalized spacial score (nSPS) is 11.4. The number of sulfonamides is 1. The van der Waals surface area contributed by atoms with Gasteiger partial charge >= 0.3 is 0 Å². The Balaban J connectivity index is 2.31. The van der Waals surface area contributed by atoms with E-state index in [0.29, 0.717) is 5.69 Å². The predicted octanol–water partition coefficient (Wildman–Crippen LogP) is 0.379. The Morgan fingerprint density at radius 1 is 1.45 bits per heavy atom. The van der Waals surface area contributed by atoms with Gasteiger partial charge in [0.05, 0.1) is 17.8 Å². The standard InChI is InChI=1S/C10H11N5O4S/c11-7-1-2-10(9(3-7)15(16)17)20(18,19)14-5-8-4-12-6-13-8/h1-4,6,14H,5,11H2,(H,12,13).